The number of pyridine rings is 1. The van der Waals surface area contributed by atoms with Gasteiger partial charge in [0, 0.05) is 11.8 Å². The summed E-state index contributed by atoms with van der Waals surface area (Å²) in [6, 6.07) is 23.9. The van der Waals surface area contributed by atoms with E-state index < -0.39 is 11.9 Å². The van der Waals surface area contributed by atoms with Crippen LogP contribution in [0.1, 0.15) is 25.0 Å². The Balaban J connectivity index is 1.96. The third-order valence-corrected chi connectivity index (χ3v) is 4.85. The summed E-state index contributed by atoms with van der Waals surface area (Å²) in [6.07, 6.45) is 2.43. The zero-order valence-corrected chi connectivity index (χ0v) is 15.0. The van der Waals surface area contributed by atoms with Crippen molar-refractivity contribution in [3.63, 3.8) is 0 Å². The second-order valence-electron chi connectivity index (χ2n) is 6.52. The van der Waals surface area contributed by atoms with E-state index in [0.717, 1.165) is 33.7 Å². The smallest absolute Gasteiger partial charge is 0.312 e. The Morgan fingerprint density at radius 1 is 0.963 bits per heavy atom. The number of rotatable bonds is 5. The highest BCUT2D eigenvalue weighted by Crippen LogP contribution is 2.33. The Kier molecular flexibility index (Phi) is 4.47. The highest BCUT2D eigenvalue weighted by Gasteiger charge is 2.26. The minimum Gasteiger partial charge on any atom is -0.481 e. The molecule has 2 heterocycles. The molecule has 0 spiro atoms. The van der Waals surface area contributed by atoms with Crippen LogP contribution in [-0.2, 0) is 4.79 Å². The summed E-state index contributed by atoms with van der Waals surface area (Å²) in [5.41, 5.74) is 5.31. The van der Waals surface area contributed by atoms with Gasteiger partial charge >= 0.3 is 5.97 Å². The molecule has 0 saturated carbocycles. The molecule has 0 bridgehead atoms. The number of aromatic nitrogens is 2. The van der Waals surface area contributed by atoms with Crippen LogP contribution in [0.3, 0.4) is 0 Å². The maximum atomic E-state index is 11.9. The summed E-state index contributed by atoms with van der Waals surface area (Å²) in [5, 5.41) is 9.77. The summed E-state index contributed by atoms with van der Waals surface area (Å²) in [4.78, 5) is 16.7. The second-order valence-corrected chi connectivity index (χ2v) is 6.52. The van der Waals surface area contributed by atoms with Crippen LogP contribution >= 0.6 is 0 Å². The molecule has 1 atom stereocenters. The minimum atomic E-state index is -0.830. The first-order valence-corrected chi connectivity index (χ1v) is 9.04. The molecule has 1 N–H and O–H groups in total. The average Bonchev–Trinajstić information content (AvgIpc) is 3.08. The van der Waals surface area contributed by atoms with E-state index >= 15 is 0 Å². The van der Waals surface area contributed by atoms with E-state index in [2.05, 4.69) is 12.1 Å². The molecular weight excluding hydrogens is 336 g/mol. The Hall–Kier alpha value is -3.40. The number of nitrogens with zero attached hydrogens (tertiary/aromatic N) is 2. The number of benzene rings is 2. The fourth-order valence-corrected chi connectivity index (χ4v) is 3.50. The van der Waals surface area contributed by atoms with Gasteiger partial charge in [0.25, 0.3) is 0 Å². The van der Waals surface area contributed by atoms with E-state index in [4.69, 9.17) is 4.98 Å². The van der Waals surface area contributed by atoms with Crippen LogP contribution in [0.2, 0.25) is 0 Å². The van der Waals surface area contributed by atoms with E-state index in [0.29, 0.717) is 6.42 Å². The van der Waals surface area contributed by atoms with Crippen molar-refractivity contribution in [2.45, 2.75) is 19.3 Å². The van der Waals surface area contributed by atoms with Crippen LogP contribution in [0.5, 0.6) is 0 Å². The van der Waals surface area contributed by atoms with Gasteiger partial charge in [-0.05, 0) is 29.7 Å². The third kappa shape index (κ3) is 3.10. The fraction of sp³-hybridized carbons (Fsp3) is 0.130. The Morgan fingerprint density at radius 3 is 2.19 bits per heavy atom. The van der Waals surface area contributed by atoms with Crippen LogP contribution in [-0.4, -0.2) is 20.5 Å². The number of carboxylic acids is 1. The number of fused-ring (bicyclic) bond motifs is 1. The van der Waals surface area contributed by atoms with E-state index in [9.17, 15) is 9.90 Å². The van der Waals surface area contributed by atoms with Gasteiger partial charge in [-0.1, -0.05) is 67.6 Å². The van der Waals surface area contributed by atoms with Gasteiger partial charge in [0.2, 0.25) is 0 Å². The zero-order chi connectivity index (χ0) is 18.8. The maximum absolute atomic E-state index is 11.9. The maximum Gasteiger partial charge on any atom is 0.312 e. The lowest BCUT2D eigenvalue weighted by atomic mass is 9.97. The molecule has 4 heteroatoms. The zero-order valence-electron chi connectivity index (χ0n) is 15.0. The summed E-state index contributed by atoms with van der Waals surface area (Å²) in [5.74, 6) is -1.44. The molecule has 1 unspecified atom stereocenters. The SMILES string of the molecule is CCC(C(=O)O)c1c(-c2ccccc2)nc2cc(-c3ccccc3)ccn12. The standard InChI is InChI=1S/C23H20N2O2/c1-2-19(23(26)27)22-21(17-11-7-4-8-12-17)24-20-15-18(13-14-25(20)22)16-9-5-3-6-10-16/h3-15,19H,2H2,1H3,(H,26,27). The number of aliphatic carboxylic acids is 1. The first-order chi connectivity index (χ1) is 13.2. The molecule has 4 aromatic rings. The van der Waals surface area contributed by atoms with Gasteiger partial charge in [-0.15, -0.1) is 0 Å². The van der Waals surface area contributed by atoms with E-state index in [1.165, 1.54) is 0 Å². The van der Waals surface area contributed by atoms with Crippen LogP contribution in [0.15, 0.2) is 79.0 Å². The summed E-state index contributed by atoms with van der Waals surface area (Å²) in [7, 11) is 0. The van der Waals surface area contributed by atoms with Crippen molar-refractivity contribution < 1.29 is 9.90 Å². The van der Waals surface area contributed by atoms with Gasteiger partial charge in [0.05, 0.1) is 17.3 Å². The molecule has 27 heavy (non-hydrogen) atoms. The van der Waals surface area contributed by atoms with Gasteiger partial charge in [-0.3, -0.25) is 4.79 Å². The number of imidazole rings is 1. The molecule has 0 amide bonds. The molecule has 0 fully saturated rings. The van der Waals surface area contributed by atoms with Gasteiger partial charge in [-0.2, -0.15) is 0 Å². The van der Waals surface area contributed by atoms with E-state index in [1.807, 2.05) is 78.2 Å². The normalized spacial score (nSPS) is 12.2. The predicted octanol–water partition coefficient (Wildman–Crippen LogP) is 5.25. The van der Waals surface area contributed by atoms with Crippen molar-refractivity contribution in [2.24, 2.45) is 0 Å². The first-order valence-electron chi connectivity index (χ1n) is 9.04. The van der Waals surface area contributed by atoms with E-state index in [1.54, 1.807) is 0 Å². The van der Waals surface area contributed by atoms with Crippen molar-refractivity contribution in [3.05, 3.63) is 84.7 Å². The summed E-state index contributed by atoms with van der Waals surface area (Å²) in [6.45, 7) is 1.89. The van der Waals surface area contributed by atoms with Crippen LogP contribution in [0.4, 0.5) is 0 Å². The van der Waals surface area contributed by atoms with Crippen LogP contribution in [0, 0.1) is 0 Å². The molecule has 0 radical (unpaired) electrons. The molecule has 0 saturated heterocycles. The van der Waals surface area contributed by atoms with Crippen LogP contribution in [0.25, 0.3) is 28.0 Å². The largest absolute Gasteiger partial charge is 0.481 e. The lowest BCUT2D eigenvalue weighted by Gasteiger charge is -2.13. The summed E-state index contributed by atoms with van der Waals surface area (Å²) < 4.78 is 1.91. The fourth-order valence-electron chi connectivity index (χ4n) is 3.50. The Labute approximate surface area is 157 Å². The second kappa shape index (κ2) is 7.08. The lowest BCUT2D eigenvalue weighted by molar-refractivity contribution is -0.138. The van der Waals surface area contributed by atoms with E-state index in [-0.39, 0.29) is 0 Å². The van der Waals surface area contributed by atoms with Gasteiger partial charge < -0.3 is 9.51 Å². The predicted molar refractivity (Wildman–Crippen MR) is 107 cm³/mol. The van der Waals surface area contributed by atoms with Gasteiger partial charge in [-0.25, -0.2) is 4.98 Å². The molecule has 0 aliphatic rings. The monoisotopic (exact) mass is 356 g/mol. The van der Waals surface area contributed by atoms with Crippen molar-refractivity contribution in [3.8, 4) is 22.4 Å². The third-order valence-electron chi connectivity index (χ3n) is 4.85. The molecule has 0 aliphatic heterocycles. The highest BCUT2D eigenvalue weighted by atomic mass is 16.4. The number of carbonyl (C=O) groups is 1. The van der Waals surface area contributed by atoms with Crippen molar-refractivity contribution in [2.75, 3.05) is 0 Å². The van der Waals surface area contributed by atoms with Gasteiger partial charge in [0.1, 0.15) is 5.65 Å². The molecular formula is C23H20N2O2. The lowest BCUT2D eigenvalue weighted by Crippen LogP contribution is -2.13. The van der Waals surface area contributed by atoms with Crippen molar-refractivity contribution in [1.29, 1.82) is 0 Å². The molecule has 2 aromatic heterocycles. The Morgan fingerprint density at radius 2 is 1.59 bits per heavy atom. The van der Waals surface area contributed by atoms with Crippen molar-refractivity contribution >= 4 is 11.6 Å². The van der Waals surface area contributed by atoms with Crippen molar-refractivity contribution in [1.82, 2.24) is 9.38 Å². The molecule has 134 valence electrons. The molecule has 0 aliphatic carbocycles. The average molecular weight is 356 g/mol. The number of carboxylic acid groups (broad SMARTS) is 1. The van der Waals surface area contributed by atoms with Crippen LogP contribution < -0.4 is 0 Å². The summed E-state index contributed by atoms with van der Waals surface area (Å²) >= 11 is 0. The topological polar surface area (TPSA) is 54.6 Å². The highest BCUT2D eigenvalue weighted by molar-refractivity contribution is 5.81. The Bertz CT molecular complexity index is 1090. The van der Waals surface area contributed by atoms with Gasteiger partial charge in [0.15, 0.2) is 0 Å². The number of hydrogen-bond acceptors (Lipinski definition) is 2. The molecule has 4 rings (SSSR count). The number of hydrogen-bond donors (Lipinski definition) is 1. The molecule has 2 aromatic carbocycles. The first kappa shape index (κ1) is 17.0. The minimum absolute atomic E-state index is 0.503. The molecule has 4 nitrogen and oxygen atoms in total. The quantitative estimate of drug-likeness (QED) is 0.531.